The smallest absolute Gasteiger partial charge is 0.137 e. The number of Topliss-reactive ketones (excluding diaryl/α,β-unsaturated/α-hetero) is 1. The Bertz CT molecular complexity index is 756. The van der Waals surface area contributed by atoms with Crippen molar-refractivity contribution >= 4 is 5.78 Å². The molecule has 0 saturated carbocycles. The number of allylic oxidation sites excluding steroid dienone is 3. The van der Waals surface area contributed by atoms with E-state index in [1.807, 2.05) is 6.07 Å². The van der Waals surface area contributed by atoms with Crippen LogP contribution in [0.25, 0.3) is 0 Å². The molecule has 4 rings (SSSR count). The quantitative estimate of drug-likeness (QED) is 0.722. The van der Waals surface area contributed by atoms with Gasteiger partial charge in [-0.3, -0.25) is 4.79 Å². The summed E-state index contributed by atoms with van der Waals surface area (Å²) in [5, 5.41) is 9.89. The monoisotopic (exact) mass is 310 g/mol. The van der Waals surface area contributed by atoms with E-state index in [1.165, 1.54) is 16.7 Å². The van der Waals surface area contributed by atoms with Crippen LogP contribution in [0.5, 0.6) is 11.5 Å². The fourth-order valence-electron chi connectivity index (χ4n) is 4.53. The van der Waals surface area contributed by atoms with Crippen LogP contribution in [0.4, 0.5) is 0 Å². The van der Waals surface area contributed by atoms with Gasteiger partial charge in [0, 0.05) is 24.3 Å². The van der Waals surface area contributed by atoms with Gasteiger partial charge >= 0.3 is 0 Å². The lowest BCUT2D eigenvalue weighted by molar-refractivity contribution is -0.119. The van der Waals surface area contributed by atoms with Crippen LogP contribution in [-0.4, -0.2) is 16.5 Å². The molecule has 23 heavy (non-hydrogen) atoms. The van der Waals surface area contributed by atoms with Gasteiger partial charge in [-0.05, 0) is 56.9 Å². The normalized spacial score (nSPS) is 32.0. The third-order valence-corrected chi connectivity index (χ3v) is 5.45. The number of ether oxygens (including phenoxy) is 1. The van der Waals surface area contributed by atoms with Crippen LogP contribution in [0, 0.1) is 0 Å². The van der Waals surface area contributed by atoms with Crippen molar-refractivity contribution < 1.29 is 14.6 Å². The largest absolute Gasteiger partial charge is 0.508 e. The minimum absolute atomic E-state index is 0.0537. The molecule has 0 unspecified atom stereocenters. The number of ketones is 1. The average Bonchev–Trinajstić information content (AvgIpc) is 2.46. The minimum Gasteiger partial charge on any atom is -0.508 e. The molecule has 3 aliphatic rings. The molecule has 0 aromatic heterocycles. The zero-order valence-corrected chi connectivity index (χ0v) is 13.7. The number of aromatic hydroxyl groups is 1. The second-order valence-electron chi connectivity index (χ2n) is 7.31. The summed E-state index contributed by atoms with van der Waals surface area (Å²) in [6.07, 6.45) is 6.13. The second kappa shape index (κ2) is 4.98. The molecule has 1 heterocycles. The van der Waals surface area contributed by atoms with Crippen LogP contribution in [0.3, 0.4) is 0 Å². The highest BCUT2D eigenvalue weighted by Gasteiger charge is 2.46. The second-order valence-corrected chi connectivity index (χ2v) is 7.31. The van der Waals surface area contributed by atoms with Gasteiger partial charge in [0.1, 0.15) is 22.9 Å². The Hall–Kier alpha value is -2.03. The van der Waals surface area contributed by atoms with Crippen molar-refractivity contribution in [2.24, 2.45) is 0 Å². The Morgan fingerprint density at radius 3 is 2.96 bits per heavy atom. The van der Waals surface area contributed by atoms with E-state index in [4.69, 9.17) is 4.74 Å². The molecule has 0 bridgehead atoms. The van der Waals surface area contributed by atoms with Gasteiger partial charge in [-0.2, -0.15) is 0 Å². The van der Waals surface area contributed by atoms with Crippen molar-refractivity contribution in [3.05, 3.63) is 46.6 Å². The first-order chi connectivity index (χ1) is 11.0. The number of phenols is 1. The molecule has 1 N–H and O–H groups in total. The number of rotatable bonds is 0. The van der Waals surface area contributed by atoms with Crippen molar-refractivity contribution in [2.45, 2.75) is 57.5 Å². The Morgan fingerprint density at radius 1 is 1.30 bits per heavy atom. The van der Waals surface area contributed by atoms with Crippen LogP contribution in [0.15, 0.2) is 41.0 Å². The molecule has 0 radical (unpaired) electrons. The number of phenolic OH excluding ortho intramolecular Hbond substituents is 1. The van der Waals surface area contributed by atoms with E-state index in [9.17, 15) is 9.90 Å². The summed E-state index contributed by atoms with van der Waals surface area (Å²) in [6.45, 7) is 4.31. The summed E-state index contributed by atoms with van der Waals surface area (Å²) in [4.78, 5) is 12.4. The zero-order chi connectivity index (χ0) is 16.2. The van der Waals surface area contributed by atoms with Crippen LogP contribution in [0.1, 0.15) is 57.4 Å². The molecule has 1 aliphatic heterocycles. The van der Waals surface area contributed by atoms with E-state index in [0.717, 1.165) is 30.6 Å². The van der Waals surface area contributed by atoms with Gasteiger partial charge in [0.2, 0.25) is 0 Å². The lowest BCUT2D eigenvalue weighted by Gasteiger charge is -2.46. The predicted molar refractivity (Wildman–Crippen MR) is 88.8 cm³/mol. The molecular formula is C20H22O3. The highest BCUT2D eigenvalue weighted by Crippen LogP contribution is 2.53. The standard InChI is InChI=1S/C20H22O3/c1-12-4-3-7-20(2)19-13(8-12)9-15(22)11-17(19)16-10-14(21)5-6-18(16)23-20/h4-6,10,17,21H,3,7-9,11H2,1-2H3/b12-4-/t17-,20+/m1/s1. The molecule has 0 amide bonds. The molecule has 2 atom stereocenters. The van der Waals surface area contributed by atoms with Gasteiger partial charge in [-0.25, -0.2) is 0 Å². The van der Waals surface area contributed by atoms with Gasteiger partial charge in [0.05, 0.1) is 0 Å². The molecule has 2 aliphatic carbocycles. The van der Waals surface area contributed by atoms with Crippen molar-refractivity contribution in [1.29, 1.82) is 0 Å². The van der Waals surface area contributed by atoms with E-state index < -0.39 is 0 Å². The Balaban J connectivity index is 1.95. The van der Waals surface area contributed by atoms with E-state index in [-0.39, 0.29) is 17.3 Å². The number of benzene rings is 1. The predicted octanol–water partition coefficient (Wildman–Crippen LogP) is 4.42. The summed E-state index contributed by atoms with van der Waals surface area (Å²) >= 11 is 0. The van der Waals surface area contributed by atoms with Crippen LogP contribution < -0.4 is 4.74 Å². The summed E-state index contributed by atoms with van der Waals surface area (Å²) in [7, 11) is 0. The van der Waals surface area contributed by atoms with Crippen LogP contribution in [-0.2, 0) is 4.79 Å². The summed E-state index contributed by atoms with van der Waals surface area (Å²) in [6, 6.07) is 5.27. The van der Waals surface area contributed by atoms with E-state index in [1.54, 1.807) is 12.1 Å². The molecule has 0 fully saturated rings. The first kappa shape index (κ1) is 14.6. The third kappa shape index (κ3) is 2.30. The van der Waals surface area contributed by atoms with E-state index in [2.05, 4.69) is 19.9 Å². The molecule has 1 aromatic rings. The number of hydrogen-bond acceptors (Lipinski definition) is 3. The van der Waals surface area contributed by atoms with Crippen molar-refractivity contribution in [1.82, 2.24) is 0 Å². The third-order valence-electron chi connectivity index (χ3n) is 5.45. The molecule has 0 saturated heterocycles. The molecule has 120 valence electrons. The highest BCUT2D eigenvalue weighted by atomic mass is 16.5. The maximum Gasteiger partial charge on any atom is 0.137 e. The Kier molecular flexibility index (Phi) is 3.15. The first-order valence-corrected chi connectivity index (χ1v) is 8.38. The van der Waals surface area contributed by atoms with Crippen molar-refractivity contribution in [3.8, 4) is 11.5 Å². The van der Waals surface area contributed by atoms with E-state index >= 15 is 0 Å². The van der Waals surface area contributed by atoms with Gasteiger partial charge in [0.25, 0.3) is 0 Å². The first-order valence-electron chi connectivity index (χ1n) is 8.38. The Morgan fingerprint density at radius 2 is 2.13 bits per heavy atom. The number of hydrogen-bond donors (Lipinski definition) is 1. The minimum atomic E-state index is -0.345. The highest BCUT2D eigenvalue weighted by molar-refractivity contribution is 5.85. The van der Waals surface area contributed by atoms with Gasteiger partial charge in [-0.15, -0.1) is 0 Å². The van der Waals surface area contributed by atoms with Crippen molar-refractivity contribution in [2.75, 3.05) is 0 Å². The fraction of sp³-hybridized carbons (Fsp3) is 0.450. The fourth-order valence-corrected chi connectivity index (χ4v) is 4.53. The maximum atomic E-state index is 12.4. The Labute approximate surface area is 136 Å². The lowest BCUT2D eigenvalue weighted by Crippen LogP contribution is -2.44. The topological polar surface area (TPSA) is 46.5 Å². The summed E-state index contributed by atoms with van der Waals surface area (Å²) in [5.74, 6) is 1.39. The molecular weight excluding hydrogens is 288 g/mol. The maximum absolute atomic E-state index is 12.4. The van der Waals surface area contributed by atoms with Crippen molar-refractivity contribution in [3.63, 3.8) is 0 Å². The van der Waals surface area contributed by atoms with Gasteiger partial charge in [0.15, 0.2) is 0 Å². The van der Waals surface area contributed by atoms with Crippen LogP contribution >= 0.6 is 0 Å². The van der Waals surface area contributed by atoms with E-state index in [0.29, 0.717) is 18.6 Å². The molecule has 0 spiro atoms. The summed E-state index contributed by atoms with van der Waals surface area (Å²) < 4.78 is 6.41. The SMILES string of the molecule is C/C1=C/CC[C@]2(C)Oc3ccc(O)cc3[C@H]3CC(=O)CC(=C32)C1. The molecule has 3 nitrogen and oxygen atoms in total. The summed E-state index contributed by atoms with van der Waals surface area (Å²) in [5.41, 5.74) is 4.48. The number of fused-ring (bicyclic) bond motifs is 2. The molecule has 3 heteroatoms. The average molecular weight is 310 g/mol. The number of carbonyl (C=O) groups is 1. The van der Waals surface area contributed by atoms with Crippen LogP contribution in [0.2, 0.25) is 0 Å². The zero-order valence-electron chi connectivity index (χ0n) is 13.7. The number of carbonyl (C=O) groups excluding carboxylic acids is 1. The van der Waals surface area contributed by atoms with Gasteiger partial charge < -0.3 is 9.84 Å². The van der Waals surface area contributed by atoms with Gasteiger partial charge in [-0.1, -0.05) is 17.2 Å². The molecule has 1 aromatic carbocycles. The lowest BCUT2D eigenvalue weighted by atomic mass is 9.67.